The first-order valence-electron chi connectivity index (χ1n) is 6.64. The van der Waals surface area contributed by atoms with E-state index in [1.165, 1.54) is 16.9 Å². The van der Waals surface area contributed by atoms with Crippen molar-refractivity contribution in [3.63, 3.8) is 0 Å². The molecule has 1 aliphatic rings. The fourth-order valence-electron chi connectivity index (χ4n) is 2.70. The fraction of sp³-hybridized carbons (Fsp3) is 0.333. The van der Waals surface area contributed by atoms with E-state index < -0.39 is 17.7 Å². The van der Waals surface area contributed by atoms with Crippen LogP contribution in [0.2, 0.25) is 0 Å². The molecule has 20 heavy (non-hydrogen) atoms. The number of hydrogen-bond donors (Lipinski definition) is 2. The SMILES string of the molecule is Cc1ccc(C(NN)c2cc3c(s2)CCC3)c(F)c1F. The Kier molecular flexibility index (Phi) is 3.58. The summed E-state index contributed by atoms with van der Waals surface area (Å²) in [5, 5.41) is 0. The lowest BCUT2D eigenvalue weighted by Gasteiger charge is -2.16. The van der Waals surface area contributed by atoms with Crippen LogP contribution in [0.25, 0.3) is 0 Å². The molecule has 0 radical (unpaired) electrons. The molecule has 0 bridgehead atoms. The summed E-state index contributed by atoms with van der Waals surface area (Å²) in [7, 11) is 0. The summed E-state index contributed by atoms with van der Waals surface area (Å²) in [5.41, 5.74) is 4.49. The van der Waals surface area contributed by atoms with Gasteiger partial charge in [0.1, 0.15) is 0 Å². The molecule has 3 rings (SSSR count). The number of thiophene rings is 1. The molecule has 1 atom stereocenters. The predicted molar refractivity (Wildman–Crippen MR) is 76.6 cm³/mol. The van der Waals surface area contributed by atoms with Gasteiger partial charge in [-0.2, -0.15) is 0 Å². The first kappa shape index (κ1) is 13.7. The highest BCUT2D eigenvalue weighted by molar-refractivity contribution is 7.12. The van der Waals surface area contributed by atoms with Gasteiger partial charge in [-0.1, -0.05) is 12.1 Å². The van der Waals surface area contributed by atoms with Gasteiger partial charge in [0.2, 0.25) is 0 Å². The molecule has 0 amide bonds. The van der Waals surface area contributed by atoms with Crippen molar-refractivity contribution in [2.24, 2.45) is 5.84 Å². The Bertz CT molecular complexity index is 630. The monoisotopic (exact) mass is 294 g/mol. The molecule has 1 unspecified atom stereocenters. The van der Waals surface area contributed by atoms with Crippen LogP contribution in [0.5, 0.6) is 0 Å². The lowest BCUT2D eigenvalue weighted by atomic mass is 10.0. The summed E-state index contributed by atoms with van der Waals surface area (Å²) in [5.74, 6) is 3.96. The summed E-state index contributed by atoms with van der Waals surface area (Å²) in [4.78, 5) is 2.28. The molecule has 1 aromatic carbocycles. The molecular weight excluding hydrogens is 278 g/mol. The summed E-state index contributed by atoms with van der Waals surface area (Å²) in [6, 6.07) is 4.75. The van der Waals surface area contributed by atoms with Crippen molar-refractivity contribution in [3.8, 4) is 0 Å². The molecule has 1 heterocycles. The van der Waals surface area contributed by atoms with Gasteiger partial charge in [0.05, 0.1) is 6.04 Å². The quantitative estimate of drug-likeness (QED) is 0.673. The van der Waals surface area contributed by atoms with Crippen molar-refractivity contribution < 1.29 is 8.78 Å². The van der Waals surface area contributed by atoms with E-state index in [1.807, 2.05) is 0 Å². The maximum Gasteiger partial charge on any atom is 0.164 e. The smallest absolute Gasteiger partial charge is 0.164 e. The van der Waals surface area contributed by atoms with Gasteiger partial charge in [0.15, 0.2) is 11.6 Å². The van der Waals surface area contributed by atoms with Gasteiger partial charge in [-0.15, -0.1) is 11.3 Å². The van der Waals surface area contributed by atoms with E-state index in [0.717, 1.165) is 17.7 Å². The van der Waals surface area contributed by atoms with E-state index in [9.17, 15) is 8.78 Å². The average Bonchev–Trinajstić information content (AvgIpc) is 3.00. The zero-order chi connectivity index (χ0) is 14.3. The lowest BCUT2D eigenvalue weighted by molar-refractivity contribution is 0.479. The molecule has 2 aromatic rings. The maximum atomic E-state index is 14.1. The number of rotatable bonds is 3. The van der Waals surface area contributed by atoms with Crippen molar-refractivity contribution in [2.45, 2.75) is 32.2 Å². The summed E-state index contributed by atoms with van der Waals surface area (Å²) < 4.78 is 27.8. The van der Waals surface area contributed by atoms with Crippen molar-refractivity contribution >= 4 is 11.3 Å². The van der Waals surface area contributed by atoms with Gasteiger partial charge in [-0.05, 0) is 43.4 Å². The van der Waals surface area contributed by atoms with Gasteiger partial charge < -0.3 is 0 Å². The Morgan fingerprint density at radius 2 is 2.05 bits per heavy atom. The second-order valence-corrected chi connectivity index (χ2v) is 6.32. The Labute approximate surface area is 120 Å². The first-order chi connectivity index (χ1) is 9.61. The van der Waals surface area contributed by atoms with Crippen LogP contribution in [-0.2, 0) is 12.8 Å². The Morgan fingerprint density at radius 1 is 1.25 bits per heavy atom. The van der Waals surface area contributed by atoms with E-state index in [-0.39, 0.29) is 5.56 Å². The van der Waals surface area contributed by atoms with E-state index in [2.05, 4.69) is 11.5 Å². The van der Waals surface area contributed by atoms with E-state index >= 15 is 0 Å². The second kappa shape index (κ2) is 5.24. The Hall–Kier alpha value is -1.30. The van der Waals surface area contributed by atoms with Gasteiger partial charge in [0.25, 0.3) is 0 Å². The number of aryl methyl sites for hydroxylation is 3. The number of hydrogen-bond acceptors (Lipinski definition) is 3. The third-order valence-electron chi connectivity index (χ3n) is 3.83. The molecular formula is C15H16F2N2S. The third-order valence-corrected chi connectivity index (χ3v) is 5.14. The van der Waals surface area contributed by atoms with Crippen molar-refractivity contribution in [1.29, 1.82) is 0 Å². The normalized spacial score (nSPS) is 15.4. The van der Waals surface area contributed by atoms with Gasteiger partial charge >= 0.3 is 0 Å². The highest BCUT2D eigenvalue weighted by atomic mass is 32.1. The predicted octanol–water partition coefficient (Wildman–Crippen LogP) is 3.38. The van der Waals surface area contributed by atoms with Crippen LogP contribution in [0.4, 0.5) is 8.78 Å². The van der Waals surface area contributed by atoms with Gasteiger partial charge in [-0.3, -0.25) is 5.84 Å². The van der Waals surface area contributed by atoms with Crippen molar-refractivity contribution in [2.75, 3.05) is 0 Å². The van der Waals surface area contributed by atoms with Gasteiger partial charge in [-0.25, -0.2) is 14.2 Å². The Balaban J connectivity index is 2.03. The molecule has 0 saturated heterocycles. The maximum absolute atomic E-state index is 14.1. The summed E-state index contributed by atoms with van der Waals surface area (Å²) in [6.45, 7) is 1.55. The largest absolute Gasteiger partial charge is 0.271 e. The number of nitrogens with one attached hydrogen (secondary N) is 1. The van der Waals surface area contributed by atoms with Crippen LogP contribution in [0.15, 0.2) is 18.2 Å². The zero-order valence-electron chi connectivity index (χ0n) is 11.2. The Morgan fingerprint density at radius 3 is 2.75 bits per heavy atom. The van der Waals surface area contributed by atoms with Gasteiger partial charge in [0, 0.05) is 15.3 Å². The fourth-order valence-corrected chi connectivity index (χ4v) is 4.04. The van der Waals surface area contributed by atoms with E-state index in [1.54, 1.807) is 30.4 Å². The molecule has 0 aliphatic heterocycles. The molecule has 0 spiro atoms. The lowest BCUT2D eigenvalue weighted by Crippen LogP contribution is -2.29. The standard InChI is InChI=1S/C15H16F2N2S/c1-8-5-6-10(14(17)13(8)16)15(19-18)12-7-9-3-2-4-11(9)20-12/h5-7,15,19H,2-4,18H2,1H3. The minimum absolute atomic E-state index is 0.260. The molecule has 1 aromatic heterocycles. The third kappa shape index (κ3) is 2.16. The first-order valence-corrected chi connectivity index (χ1v) is 7.45. The topological polar surface area (TPSA) is 38.0 Å². The molecule has 106 valence electrons. The van der Waals surface area contributed by atoms with Crippen LogP contribution in [0.1, 0.15) is 38.9 Å². The number of benzene rings is 1. The van der Waals surface area contributed by atoms with E-state index in [0.29, 0.717) is 5.56 Å². The van der Waals surface area contributed by atoms with Crippen LogP contribution < -0.4 is 11.3 Å². The molecule has 3 N–H and O–H groups in total. The minimum Gasteiger partial charge on any atom is -0.271 e. The molecule has 2 nitrogen and oxygen atoms in total. The molecule has 1 aliphatic carbocycles. The molecule has 0 fully saturated rings. The summed E-state index contributed by atoms with van der Waals surface area (Å²) in [6.07, 6.45) is 3.31. The van der Waals surface area contributed by atoms with Crippen molar-refractivity contribution in [1.82, 2.24) is 5.43 Å². The van der Waals surface area contributed by atoms with E-state index in [4.69, 9.17) is 5.84 Å². The van der Waals surface area contributed by atoms with Crippen molar-refractivity contribution in [3.05, 3.63) is 56.3 Å². The van der Waals surface area contributed by atoms with Crippen LogP contribution in [0, 0.1) is 18.6 Å². The number of hydrazine groups is 1. The molecule has 5 heteroatoms. The highest BCUT2D eigenvalue weighted by Gasteiger charge is 2.24. The van der Waals surface area contributed by atoms with Crippen LogP contribution >= 0.6 is 11.3 Å². The zero-order valence-corrected chi connectivity index (χ0v) is 12.0. The number of nitrogens with two attached hydrogens (primary N) is 1. The second-order valence-electron chi connectivity index (χ2n) is 5.15. The van der Waals surface area contributed by atoms with Crippen LogP contribution in [-0.4, -0.2) is 0 Å². The number of halogens is 2. The number of fused-ring (bicyclic) bond motifs is 1. The molecule has 0 saturated carbocycles. The minimum atomic E-state index is -0.818. The average molecular weight is 294 g/mol. The summed E-state index contributed by atoms with van der Waals surface area (Å²) >= 11 is 1.64. The van der Waals surface area contributed by atoms with Crippen LogP contribution in [0.3, 0.4) is 0 Å². The highest BCUT2D eigenvalue weighted by Crippen LogP contribution is 2.36.